The van der Waals surface area contributed by atoms with Crippen molar-refractivity contribution in [2.45, 2.75) is 19.1 Å². The third-order valence-electron chi connectivity index (χ3n) is 6.54. The standard InChI is InChI=1S/C27H29NO7/c1-15-25(16-10-23(30-3)26(32-5)24(11-16)31-4)19-12-21-22(34-14-33-21)13-20(19)35-27(15)28-17-6-8-18(29-2)9-7-17/h6-13,15,25,27-28H,14H2,1-5H3/t15-,25+,27-/m0/s1. The lowest BCUT2D eigenvalue weighted by molar-refractivity contribution is 0.134. The molecule has 0 bridgehead atoms. The minimum atomic E-state index is -0.319. The summed E-state index contributed by atoms with van der Waals surface area (Å²) >= 11 is 0. The van der Waals surface area contributed by atoms with Gasteiger partial charge in [-0.2, -0.15) is 0 Å². The first-order chi connectivity index (χ1) is 17.1. The molecular weight excluding hydrogens is 450 g/mol. The van der Waals surface area contributed by atoms with Crippen molar-refractivity contribution in [1.29, 1.82) is 0 Å². The Morgan fingerprint density at radius 2 is 1.43 bits per heavy atom. The monoisotopic (exact) mass is 479 g/mol. The van der Waals surface area contributed by atoms with E-state index in [0.29, 0.717) is 28.7 Å². The summed E-state index contributed by atoms with van der Waals surface area (Å²) in [5.74, 6) is 4.62. The van der Waals surface area contributed by atoms with Crippen LogP contribution in [0.25, 0.3) is 0 Å². The fraction of sp³-hybridized carbons (Fsp3) is 0.333. The van der Waals surface area contributed by atoms with Gasteiger partial charge in [-0.1, -0.05) is 6.92 Å². The Hall–Kier alpha value is -3.94. The van der Waals surface area contributed by atoms with Crippen LogP contribution in [-0.4, -0.2) is 41.5 Å². The topological polar surface area (TPSA) is 76.6 Å². The molecule has 3 aromatic rings. The highest BCUT2D eigenvalue weighted by Crippen LogP contribution is 2.51. The van der Waals surface area contributed by atoms with Crippen LogP contribution in [0, 0.1) is 5.92 Å². The van der Waals surface area contributed by atoms with Gasteiger partial charge in [-0.05, 0) is 48.0 Å². The molecule has 3 aromatic carbocycles. The predicted octanol–water partition coefficient (Wildman–Crippen LogP) is 5.05. The fourth-order valence-electron chi connectivity index (χ4n) is 4.76. The van der Waals surface area contributed by atoms with E-state index in [2.05, 4.69) is 12.2 Å². The van der Waals surface area contributed by atoms with Crippen LogP contribution in [0.3, 0.4) is 0 Å². The maximum absolute atomic E-state index is 6.47. The average molecular weight is 480 g/mol. The number of hydrogen-bond donors (Lipinski definition) is 1. The number of ether oxygens (including phenoxy) is 7. The molecule has 2 aliphatic heterocycles. The van der Waals surface area contributed by atoms with Crippen molar-refractivity contribution in [3.05, 3.63) is 59.7 Å². The molecule has 2 heterocycles. The number of hydrogen-bond acceptors (Lipinski definition) is 8. The zero-order valence-corrected chi connectivity index (χ0v) is 20.4. The lowest BCUT2D eigenvalue weighted by Gasteiger charge is -2.39. The molecule has 0 saturated heterocycles. The largest absolute Gasteiger partial charge is 0.497 e. The van der Waals surface area contributed by atoms with Crippen LogP contribution in [-0.2, 0) is 0 Å². The summed E-state index contributed by atoms with van der Waals surface area (Å²) < 4.78 is 39.9. The molecule has 0 amide bonds. The van der Waals surface area contributed by atoms with Crippen LogP contribution >= 0.6 is 0 Å². The Balaban J connectivity index is 1.59. The molecule has 0 unspecified atom stereocenters. The third kappa shape index (κ3) is 4.09. The smallest absolute Gasteiger partial charge is 0.231 e. The van der Waals surface area contributed by atoms with Gasteiger partial charge >= 0.3 is 0 Å². The molecular formula is C27H29NO7. The van der Waals surface area contributed by atoms with E-state index in [1.54, 1.807) is 28.4 Å². The van der Waals surface area contributed by atoms with Crippen molar-refractivity contribution < 1.29 is 33.2 Å². The van der Waals surface area contributed by atoms with Gasteiger partial charge in [0.2, 0.25) is 12.5 Å². The van der Waals surface area contributed by atoms with Crippen LogP contribution < -0.4 is 38.5 Å². The molecule has 3 atom stereocenters. The molecule has 0 saturated carbocycles. The average Bonchev–Trinajstić information content (AvgIpc) is 3.35. The Labute approximate surface area is 204 Å². The molecule has 8 nitrogen and oxygen atoms in total. The van der Waals surface area contributed by atoms with Gasteiger partial charge in [0.25, 0.3) is 0 Å². The van der Waals surface area contributed by atoms with Gasteiger partial charge in [-0.25, -0.2) is 0 Å². The van der Waals surface area contributed by atoms with Gasteiger partial charge < -0.3 is 38.5 Å². The Bertz CT molecular complexity index is 1190. The quantitative estimate of drug-likeness (QED) is 0.505. The van der Waals surface area contributed by atoms with E-state index in [-0.39, 0.29) is 24.9 Å². The summed E-state index contributed by atoms with van der Waals surface area (Å²) in [6.45, 7) is 2.35. The van der Waals surface area contributed by atoms with Crippen molar-refractivity contribution in [3.8, 4) is 40.2 Å². The van der Waals surface area contributed by atoms with Crippen molar-refractivity contribution >= 4 is 5.69 Å². The molecule has 5 rings (SSSR count). The van der Waals surface area contributed by atoms with Gasteiger partial charge in [-0.3, -0.25) is 0 Å². The van der Waals surface area contributed by atoms with E-state index in [9.17, 15) is 0 Å². The molecule has 2 aliphatic rings. The first-order valence-corrected chi connectivity index (χ1v) is 11.4. The molecule has 0 aliphatic carbocycles. The number of benzene rings is 3. The lowest BCUT2D eigenvalue weighted by Crippen LogP contribution is -2.40. The second-order valence-corrected chi connectivity index (χ2v) is 8.45. The van der Waals surface area contributed by atoms with Crippen molar-refractivity contribution in [1.82, 2.24) is 0 Å². The molecule has 0 radical (unpaired) electrons. The highest BCUT2D eigenvalue weighted by molar-refractivity contribution is 5.60. The van der Waals surface area contributed by atoms with E-state index in [1.165, 1.54) is 0 Å². The predicted molar refractivity (Wildman–Crippen MR) is 131 cm³/mol. The Kier molecular flexibility index (Phi) is 6.11. The number of methoxy groups -OCH3 is 4. The van der Waals surface area contributed by atoms with E-state index in [4.69, 9.17) is 33.2 Å². The second kappa shape index (κ2) is 9.37. The second-order valence-electron chi connectivity index (χ2n) is 8.45. The molecule has 0 fully saturated rings. The number of rotatable bonds is 7. The highest BCUT2D eigenvalue weighted by atomic mass is 16.7. The third-order valence-corrected chi connectivity index (χ3v) is 6.54. The van der Waals surface area contributed by atoms with Gasteiger partial charge in [0.15, 0.2) is 29.2 Å². The first-order valence-electron chi connectivity index (χ1n) is 11.4. The molecule has 0 spiro atoms. The molecule has 8 heteroatoms. The zero-order valence-electron chi connectivity index (χ0n) is 20.4. The van der Waals surface area contributed by atoms with Gasteiger partial charge in [0.1, 0.15) is 11.5 Å². The van der Waals surface area contributed by atoms with Crippen LogP contribution in [0.1, 0.15) is 24.0 Å². The van der Waals surface area contributed by atoms with E-state index in [0.717, 1.165) is 28.3 Å². The summed E-state index contributed by atoms with van der Waals surface area (Å²) in [6, 6.07) is 15.7. The minimum Gasteiger partial charge on any atom is -0.497 e. The van der Waals surface area contributed by atoms with Crippen LogP contribution in [0.2, 0.25) is 0 Å². The lowest BCUT2D eigenvalue weighted by atomic mass is 9.78. The normalized spacial score (nSPS) is 19.9. The van der Waals surface area contributed by atoms with Crippen molar-refractivity contribution in [2.24, 2.45) is 5.92 Å². The van der Waals surface area contributed by atoms with Crippen LogP contribution in [0.4, 0.5) is 5.69 Å². The highest BCUT2D eigenvalue weighted by Gasteiger charge is 2.39. The van der Waals surface area contributed by atoms with E-state index < -0.39 is 0 Å². The zero-order chi connectivity index (χ0) is 24.5. The Morgan fingerprint density at radius 3 is 2.03 bits per heavy atom. The summed E-state index contributed by atoms with van der Waals surface area (Å²) in [5.41, 5.74) is 2.94. The van der Waals surface area contributed by atoms with Crippen LogP contribution in [0.5, 0.6) is 40.2 Å². The number of nitrogens with one attached hydrogen (secondary N) is 1. The van der Waals surface area contributed by atoms with Gasteiger partial charge in [0.05, 0.1) is 28.4 Å². The summed E-state index contributed by atoms with van der Waals surface area (Å²) in [5, 5.41) is 3.53. The Morgan fingerprint density at radius 1 is 0.771 bits per heavy atom. The number of fused-ring (bicyclic) bond motifs is 2. The molecule has 184 valence electrons. The van der Waals surface area contributed by atoms with Crippen molar-refractivity contribution in [3.63, 3.8) is 0 Å². The molecule has 0 aromatic heterocycles. The molecule has 35 heavy (non-hydrogen) atoms. The van der Waals surface area contributed by atoms with E-state index >= 15 is 0 Å². The summed E-state index contributed by atoms with van der Waals surface area (Å²) in [7, 11) is 6.49. The fourth-order valence-corrected chi connectivity index (χ4v) is 4.76. The minimum absolute atomic E-state index is 0.0211. The summed E-state index contributed by atoms with van der Waals surface area (Å²) in [4.78, 5) is 0. The van der Waals surface area contributed by atoms with Crippen molar-refractivity contribution in [2.75, 3.05) is 40.5 Å². The summed E-state index contributed by atoms with van der Waals surface area (Å²) in [6.07, 6.45) is -0.319. The van der Waals surface area contributed by atoms with E-state index in [1.807, 2.05) is 48.5 Å². The molecule has 1 N–H and O–H groups in total. The number of anilines is 1. The maximum Gasteiger partial charge on any atom is 0.231 e. The van der Waals surface area contributed by atoms with Gasteiger partial charge in [-0.15, -0.1) is 0 Å². The SMILES string of the molecule is COc1ccc(N[C@H]2Oc3cc4c(cc3[C@@H](c3cc(OC)c(OC)c(OC)c3)[C@@H]2C)OCO4)cc1. The first kappa shape index (κ1) is 22.8. The van der Waals surface area contributed by atoms with Crippen LogP contribution in [0.15, 0.2) is 48.5 Å². The van der Waals surface area contributed by atoms with Gasteiger partial charge in [0, 0.05) is 29.2 Å². The maximum atomic E-state index is 6.47.